The maximum Gasteiger partial charge on any atom is 0.407 e. The van der Waals surface area contributed by atoms with Crippen LogP contribution in [0.5, 0.6) is 0 Å². The fourth-order valence-corrected chi connectivity index (χ4v) is 2.53. The van der Waals surface area contributed by atoms with E-state index in [0.717, 1.165) is 19.4 Å². The summed E-state index contributed by atoms with van der Waals surface area (Å²) in [6, 6.07) is 0.346. The molecule has 21 heavy (non-hydrogen) atoms. The van der Waals surface area contributed by atoms with Gasteiger partial charge in [-0.15, -0.1) is 0 Å². The Bertz CT molecular complexity index is 350. The second kappa shape index (κ2) is 8.25. The van der Waals surface area contributed by atoms with E-state index in [1.807, 2.05) is 25.7 Å². The van der Waals surface area contributed by atoms with Gasteiger partial charge in [0, 0.05) is 25.6 Å². The van der Waals surface area contributed by atoms with Gasteiger partial charge in [0.25, 0.3) is 0 Å². The molecule has 1 fully saturated rings. The van der Waals surface area contributed by atoms with Gasteiger partial charge in [0.05, 0.1) is 0 Å². The van der Waals surface area contributed by atoms with Gasteiger partial charge in [0.15, 0.2) is 0 Å². The molecule has 1 heterocycles. The van der Waals surface area contributed by atoms with E-state index in [1.165, 1.54) is 12.8 Å². The van der Waals surface area contributed by atoms with Crippen LogP contribution < -0.4 is 5.32 Å². The van der Waals surface area contributed by atoms with Gasteiger partial charge >= 0.3 is 6.09 Å². The number of carbonyl (C=O) groups is 2. The molecule has 5 heteroatoms. The second-order valence-corrected chi connectivity index (χ2v) is 6.82. The fraction of sp³-hybridized carbons (Fsp3) is 0.875. The van der Waals surface area contributed by atoms with Crippen molar-refractivity contribution in [3.63, 3.8) is 0 Å². The van der Waals surface area contributed by atoms with Crippen LogP contribution in [0.4, 0.5) is 4.79 Å². The van der Waals surface area contributed by atoms with Gasteiger partial charge in [-0.3, -0.25) is 4.79 Å². The molecule has 0 aromatic heterocycles. The summed E-state index contributed by atoms with van der Waals surface area (Å²) in [6.07, 6.45) is 5.35. The molecule has 0 aromatic carbocycles. The Kier molecular flexibility index (Phi) is 6.99. The van der Waals surface area contributed by atoms with Crippen molar-refractivity contribution in [3.05, 3.63) is 0 Å². The van der Waals surface area contributed by atoms with Gasteiger partial charge in [-0.1, -0.05) is 12.8 Å². The Balaban J connectivity index is 2.22. The predicted octanol–water partition coefficient (Wildman–Crippen LogP) is 3.08. The summed E-state index contributed by atoms with van der Waals surface area (Å²) in [4.78, 5) is 25.7. The lowest BCUT2D eigenvalue weighted by Crippen LogP contribution is -2.38. The first kappa shape index (κ1) is 17.8. The van der Waals surface area contributed by atoms with Crippen LogP contribution in [0, 0.1) is 0 Å². The molecule has 0 aliphatic carbocycles. The van der Waals surface area contributed by atoms with Crippen molar-refractivity contribution in [2.75, 3.05) is 13.1 Å². The number of nitrogens with zero attached hydrogens (tertiary/aromatic N) is 1. The van der Waals surface area contributed by atoms with Crippen molar-refractivity contribution >= 4 is 12.0 Å². The summed E-state index contributed by atoms with van der Waals surface area (Å²) in [5.74, 6) is 0.204. The van der Waals surface area contributed by atoms with Gasteiger partial charge in [-0.2, -0.15) is 0 Å². The quantitative estimate of drug-likeness (QED) is 0.811. The zero-order valence-electron chi connectivity index (χ0n) is 13.9. The van der Waals surface area contributed by atoms with Crippen LogP contribution in [0.15, 0.2) is 0 Å². The number of likely N-dealkylation sites (tertiary alicyclic amines) is 1. The molecule has 122 valence electrons. The van der Waals surface area contributed by atoms with Crippen molar-refractivity contribution in [2.45, 2.75) is 77.9 Å². The van der Waals surface area contributed by atoms with E-state index in [1.54, 1.807) is 0 Å². The second-order valence-electron chi connectivity index (χ2n) is 6.82. The van der Waals surface area contributed by atoms with Gasteiger partial charge in [0.2, 0.25) is 5.91 Å². The summed E-state index contributed by atoms with van der Waals surface area (Å²) in [6.45, 7) is 8.97. The Hall–Kier alpha value is -1.26. The molecular formula is C16H30N2O3. The third kappa shape index (κ3) is 7.34. The smallest absolute Gasteiger partial charge is 0.407 e. The minimum Gasteiger partial charge on any atom is -0.444 e. The highest BCUT2D eigenvalue weighted by atomic mass is 16.6. The third-order valence-corrected chi connectivity index (χ3v) is 3.61. The average molecular weight is 298 g/mol. The lowest BCUT2D eigenvalue weighted by atomic mass is 10.1. The van der Waals surface area contributed by atoms with Crippen molar-refractivity contribution < 1.29 is 14.3 Å². The van der Waals surface area contributed by atoms with Gasteiger partial charge in [-0.25, -0.2) is 4.79 Å². The first-order valence-electron chi connectivity index (χ1n) is 8.06. The lowest BCUT2D eigenvalue weighted by molar-refractivity contribution is -0.133. The molecular weight excluding hydrogens is 268 g/mol. The number of alkyl carbamates (subject to hydrolysis) is 1. The van der Waals surface area contributed by atoms with Crippen molar-refractivity contribution in [1.82, 2.24) is 10.2 Å². The summed E-state index contributed by atoms with van der Waals surface area (Å²) < 4.78 is 5.15. The Morgan fingerprint density at radius 2 is 1.95 bits per heavy atom. The highest BCUT2D eigenvalue weighted by Crippen LogP contribution is 2.17. The highest BCUT2D eigenvalue weighted by Gasteiger charge is 2.21. The number of hydrogen-bond donors (Lipinski definition) is 1. The van der Waals surface area contributed by atoms with E-state index in [9.17, 15) is 9.59 Å². The Morgan fingerprint density at radius 1 is 1.24 bits per heavy atom. The zero-order chi connectivity index (χ0) is 15.9. The number of amides is 2. The van der Waals surface area contributed by atoms with Crippen LogP contribution in [0.25, 0.3) is 0 Å². The molecule has 1 rings (SSSR count). The normalized spacial score (nSPS) is 19.8. The van der Waals surface area contributed by atoms with Crippen LogP contribution >= 0.6 is 0 Å². The number of hydrogen-bond acceptors (Lipinski definition) is 3. The molecule has 0 radical (unpaired) electrons. The van der Waals surface area contributed by atoms with Crippen molar-refractivity contribution in [3.8, 4) is 0 Å². The Morgan fingerprint density at radius 3 is 2.62 bits per heavy atom. The molecule has 0 saturated carbocycles. The van der Waals surface area contributed by atoms with Gasteiger partial charge in [-0.05, 0) is 47.0 Å². The van der Waals surface area contributed by atoms with Crippen molar-refractivity contribution in [1.29, 1.82) is 0 Å². The van der Waals surface area contributed by atoms with Crippen molar-refractivity contribution in [2.24, 2.45) is 0 Å². The minimum absolute atomic E-state index is 0.204. The highest BCUT2D eigenvalue weighted by molar-refractivity contribution is 5.76. The topological polar surface area (TPSA) is 58.6 Å². The molecule has 1 aliphatic rings. The van der Waals surface area contributed by atoms with E-state index in [2.05, 4.69) is 12.2 Å². The third-order valence-electron chi connectivity index (χ3n) is 3.61. The maximum atomic E-state index is 12.2. The summed E-state index contributed by atoms with van der Waals surface area (Å²) >= 11 is 0. The molecule has 1 aliphatic heterocycles. The van der Waals surface area contributed by atoms with Crippen LogP contribution in [0.3, 0.4) is 0 Å². The lowest BCUT2D eigenvalue weighted by Gasteiger charge is -2.27. The van der Waals surface area contributed by atoms with Crippen LogP contribution in [0.1, 0.15) is 66.2 Å². The molecule has 5 nitrogen and oxygen atoms in total. The molecule has 0 bridgehead atoms. The Labute approximate surface area is 128 Å². The molecule has 1 saturated heterocycles. The molecule has 0 aromatic rings. The first-order chi connectivity index (χ1) is 9.79. The number of nitrogens with one attached hydrogen (secondary N) is 1. The maximum absolute atomic E-state index is 12.2. The van der Waals surface area contributed by atoms with Gasteiger partial charge in [0.1, 0.15) is 5.60 Å². The standard InChI is InChI=1S/C16H30N2O3/c1-13-9-6-5-7-12-18(13)14(19)10-8-11-17-15(20)21-16(2,3)4/h13H,5-12H2,1-4H3,(H,17,20). The molecule has 2 amide bonds. The molecule has 1 atom stereocenters. The van der Waals surface area contributed by atoms with Crippen LogP contribution in [0.2, 0.25) is 0 Å². The van der Waals surface area contributed by atoms with Crippen LogP contribution in [-0.2, 0) is 9.53 Å². The number of rotatable bonds is 4. The molecule has 1 unspecified atom stereocenters. The van der Waals surface area contributed by atoms with E-state index in [0.29, 0.717) is 25.4 Å². The van der Waals surface area contributed by atoms with Crippen LogP contribution in [-0.4, -0.2) is 41.6 Å². The fourth-order valence-electron chi connectivity index (χ4n) is 2.53. The largest absolute Gasteiger partial charge is 0.444 e. The summed E-state index contributed by atoms with van der Waals surface area (Å²) in [5.41, 5.74) is -0.485. The average Bonchev–Trinajstić information content (AvgIpc) is 2.57. The SMILES string of the molecule is CC1CCCCCN1C(=O)CCCNC(=O)OC(C)(C)C. The molecule has 1 N–H and O–H groups in total. The molecule has 0 spiro atoms. The van der Waals surface area contributed by atoms with E-state index < -0.39 is 11.7 Å². The zero-order valence-corrected chi connectivity index (χ0v) is 13.9. The monoisotopic (exact) mass is 298 g/mol. The predicted molar refractivity (Wildman–Crippen MR) is 83.1 cm³/mol. The first-order valence-corrected chi connectivity index (χ1v) is 8.06. The van der Waals surface area contributed by atoms with Gasteiger partial charge < -0.3 is 15.0 Å². The van der Waals surface area contributed by atoms with E-state index in [-0.39, 0.29) is 5.91 Å². The summed E-state index contributed by atoms with van der Waals surface area (Å²) in [7, 11) is 0. The number of ether oxygens (including phenoxy) is 1. The minimum atomic E-state index is -0.485. The van der Waals surface area contributed by atoms with E-state index >= 15 is 0 Å². The summed E-state index contributed by atoms with van der Waals surface area (Å²) in [5, 5.41) is 2.69. The number of carbonyl (C=O) groups excluding carboxylic acids is 2. The van der Waals surface area contributed by atoms with E-state index in [4.69, 9.17) is 4.74 Å².